The molecule has 0 aliphatic heterocycles. The fraction of sp³-hybridized carbons (Fsp3) is 0.500. The summed E-state index contributed by atoms with van der Waals surface area (Å²) in [5, 5.41) is 11.6. The van der Waals surface area contributed by atoms with Crippen LogP contribution in [0.4, 0.5) is 0 Å². The van der Waals surface area contributed by atoms with Crippen LogP contribution in [0.5, 0.6) is 0 Å². The van der Waals surface area contributed by atoms with Crippen molar-refractivity contribution >= 4 is 11.9 Å². The zero-order valence-electron chi connectivity index (χ0n) is 12.0. The van der Waals surface area contributed by atoms with Crippen molar-refractivity contribution in [3.8, 4) is 0 Å². The van der Waals surface area contributed by atoms with Crippen LogP contribution >= 0.6 is 0 Å². The van der Waals surface area contributed by atoms with Crippen LogP contribution in [-0.2, 0) is 26.2 Å². The summed E-state index contributed by atoms with van der Waals surface area (Å²) in [5.41, 5.74) is 2.63. The lowest BCUT2D eigenvalue weighted by atomic mass is 9.95. The van der Waals surface area contributed by atoms with Gasteiger partial charge in [-0.05, 0) is 30.4 Å². The molecule has 2 aliphatic carbocycles. The zero-order valence-corrected chi connectivity index (χ0v) is 12.0. The maximum Gasteiger partial charge on any atom is 0.334 e. The van der Waals surface area contributed by atoms with Gasteiger partial charge in [-0.2, -0.15) is 0 Å². The quantitative estimate of drug-likeness (QED) is 0.851. The van der Waals surface area contributed by atoms with Crippen molar-refractivity contribution < 1.29 is 19.4 Å². The van der Waals surface area contributed by atoms with E-state index in [1.807, 2.05) is 12.1 Å². The molecule has 1 amide bonds. The number of methoxy groups -OCH3 is 1. The second-order valence-corrected chi connectivity index (χ2v) is 5.88. The van der Waals surface area contributed by atoms with Crippen molar-refractivity contribution in [2.45, 2.75) is 30.8 Å². The molecule has 112 valence electrons. The highest BCUT2D eigenvalue weighted by Gasteiger charge is 2.61. The second kappa shape index (κ2) is 5.15. The monoisotopic (exact) mass is 289 g/mol. The van der Waals surface area contributed by atoms with Crippen molar-refractivity contribution in [1.82, 2.24) is 5.32 Å². The molecule has 3 unspecified atom stereocenters. The summed E-state index contributed by atoms with van der Waals surface area (Å²) >= 11 is 0. The Balaban J connectivity index is 1.63. The number of hydrogen-bond acceptors (Lipinski definition) is 3. The highest BCUT2D eigenvalue weighted by molar-refractivity contribution is 5.85. The first-order valence-corrected chi connectivity index (χ1v) is 7.20. The predicted molar refractivity (Wildman–Crippen MR) is 76.0 cm³/mol. The number of benzene rings is 1. The third-order valence-corrected chi connectivity index (χ3v) is 4.81. The largest absolute Gasteiger partial charge is 0.479 e. The normalized spacial score (nSPS) is 27.2. The highest BCUT2D eigenvalue weighted by atomic mass is 16.5. The van der Waals surface area contributed by atoms with Crippen LogP contribution in [0.2, 0.25) is 0 Å². The minimum absolute atomic E-state index is 0.00747. The summed E-state index contributed by atoms with van der Waals surface area (Å²) in [5.74, 6) is -1.16. The van der Waals surface area contributed by atoms with Crippen LogP contribution in [0.15, 0.2) is 24.3 Å². The van der Waals surface area contributed by atoms with Crippen LogP contribution in [0.25, 0.3) is 0 Å². The number of hydrogen-bond donors (Lipinski definition) is 2. The number of carboxylic acid groups (broad SMARTS) is 1. The lowest BCUT2D eigenvalue weighted by Gasteiger charge is -2.14. The van der Waals surface area contributed by atoms with E-state index >= 15 is 0 Å². The number of nitrogens with one attached hydrogen (secondary N) is 1. The molecule has 1 spiro atoms. The molecule has 1 aromatic rings. The van der Waals surface area contributed by atoms with E-state index in [1.54, 1.807) is 0 Å². The maximum absolute atomic E-state index is 12.3. The highest BCUT2D eigenvalue weighted by Crippen LogP contribution is 2.61. The molecule has 0 bridgehead atoms. The zero-order chi connectivity index (χ0) is 15.0. The Bertz CT molecular complexity index is 585. The molecule has 1 aromatic carbocycles. The van der Waals surface area contributed by atoms with Crippen molar-refractivity contribution in [2.24, 2.45) is 5.92 Å². The van der Waals surface area contributed by atoms with Gasteiger partial charge < -0.3 is 15.2 Å². The van der Waals surface area contributed by atoms with Gasteiger partial charge in [0.2, 0.25) is 5.91 Å². The van der Waals surface area contributed by atoms with Gasteiger partial charge in [0.05, 0.1) is 6.54 Å². The van der Waals surface area contributed by atoms with Crippen molar-refractivity contribution in [1.29, 1.82) is 0 Å². The lowest BCUT2D eigenvalue weighted by Crippen LogP contribution is -2.39. The number of fused-ring (bicyclic) bond motifs is 2. The van der Waals surface area contributed by atoms with E-state index in [0.717, 1.165) is 19.3 Å². The van der Waals surface area contributed by atoms with Gasteiger partial charge in [-0.3, -0.25) is 4.79 Å². The molecular weight excluding hydrogens is 270 g/mol. The average molecular weight is 289 g/mol. The Morgan fingerprint density at radius 1 is 1.48 bits per heavy atom. The van der Waals surface area contributed by atoms with E-state index in [0.29, 0.717) is 0 Å². The van der Waals surface area contributed by atoms with Gasteiger partial charge in [0.25, 0.3) is 0 Å². The molecule has 0 radical (unpaired) electrons. The Labute approximate surface area is 123 Å². The Morgan fingerprint density at radius 2 is 2.24 bits per heavy atom. The number of carboxylic acids is 1. The molecule has 21 heavy (non-hydrogen) atoms. The molecule has 5 heteroatoms. The fourth-order valence-electron chi connectivity index (χ4n) is 3.53. The number of aliphatic carboxylic acids is 1. The Kier molecular flexibility index (Phi) is 3.45. The van der Waals surface area contributed by atoms with E-state index in [2.05, 4.69) is 17.4 Å². The molecule has 0 heterocycles. The Morgan fingerprint density at radius 3 is 2.95 bits per heavy atom. The van der Waals surface area contributed by atoms with Crippen LogP contribution in [0.1, 0.15) is 24.0 Å². The second-order valence-electron chi connectivity index (χ2n) is 5.88. The summed E-state index contributed by atoms with van der Waals surface area (Å²) < 4.78 is 4.82. The molecule has 1 saturated carbocycles. The summed E-state index contributed by atoms with van der Waals surface area (Å²) in [6, 6.07) is 8.30. The van der Waals surface area contributed by atoms with Crippen LogP contribution in [-0.4, -0.2) is 36.7 Å². The van der Waals surface area contributed by atoms with E-state index in [9.17, 15) is 9.59 Å². The lowest BCUT2D eigenvalue weighted by molar-refractivity contribution is -0.148. The van der Waals surface area contributed by atoms with E-state index in [-0.39, 0.29) is 23.8 Å². The molecule has 5 nitrogen and oxygen atoms in total. The van der Waals surface area contributed by atoms with E-state index in [1.165, 1.54) is 18.2 Å². The molecule has 2 aliphatic rings. The van der Waals surface area contributed by atoms with Gasteiger partial charge in [0.15, 0.2) is 6.10 Å². The van der Waals surface area contributed by atoms with Gasteiger partial charge in [0, 0.05) is 18.4 Å². The van der Waals surface area contributed by atoms with Gasteiger partial charge in [-0.25, -0.2) is 4.79 Å². The fourth-order valence-corrected chi connectivity index (χ4v) is 3.53. The van der Waals surface area contributed by atoms with Gasteiger partial charge in [-0.1, -0.05) is 24.3 Å². The van der Waals surface area contributed by atoms with Crippen LogP contribution in [0.3, 0.4) is 0 Å². The molecule has 1 fully saturated rings. The number of rotatable bonds is 5. The predicted octanol–water partition coefficient (Wildman–Crippen LogP) is 1.11. The number of carbonyl (C=O) groups is 2. The van der Waals surface area contributed by atoms with Crippen molar-refractivity contribution in [3.63, 3.8) is 0 Å². The van der Waals surface area contributed by atoms with Gasteiger partial charge >= 0.3 is 5.97 Å². The molecule has 3 atom stereocenters. The average Bonchev–Trinajstić information content (AvgIpc) is 3.09. The Hall–Kier alpha value is -1.88. The SMILES string of the molecule is COC(CNC(=O)C1CC12CCc1ccccc12)C(=O)O. The standard InChI is InChI=1S/C16H19NO4/c1-21-13(15(19)20)9-17-14(18)12-8-16(12)7-6-10-4-2-3-5-11(10)16/h2-5,12-13H,6-9H2,1H3,(H,17,18)(H,19,20). The topological polar surface area (TPSA) is 75.6 Å². The van der Waals surface area contributed by atoms with Crippen molar-refractivity contribution in [3.05, 3.63) is 35.4 Å². The van der Waals surface area contributed by atoms with Crippen molar-refractivity contribution in [2.75, 3.05) is 13.7 Å². The number of aryl methyl sites for hydroxylation is 1. The van der Waals surface area contributed by atoms with Gasteiger partial charge in [0.1, 0.15) is 0 Å². The number of amides is 1. The summed E-state index contributed by atoms with van der Waals surface area (Å²) in [6.45, 7) is 0.0128. The van der Waals surface area contributed by atoms with Crippen LogP contribution < -0.4 is 5.32 Å². The first-order chi connectivity index (χ1) is 10.1. The molecule has 0 saturated heterocycles. The minimum Gasteiger partial charge on any atom is -0.479 e. The molecule has 0 aromatic heterocycles. The minimum atomic E-state index is -1.06. The third kappa shape index (κ3) is 2.31. The smallest absolute Gasteiger partial charge is 0.334 e. The maximum atomic E-state index is 12.3. The number of carbonyl (C=O) groups excluding carboxylic acids is 1. The first-order valence-electron chi connectivity index (χ1n) is 7.20. The van der Waals surface area contributed by atoms with Gasteiger partial charge in [-0.15, -0.1) is 0 Å². The molecular formula is C16H19NO4. The first kappa shape index (κ1) is 14.1. The molecule has 3 rings (SSSR count). The summed E-state index contributed by atoms with van der Waals surface area (Å²) in [6.07, 6.45) is 1.91. The summed E-state index contributed by atoms with van der Waals surface area (Å²) in [7, 11) is 1.33. The van der Waals surface area contributed by atoms with E-state index in [4.69, 9.17) is 9.84 Å². The van der Waals surface area contributed by atoms with E-state index < -0.39 is 12.1 Å². The number of ether oxygens (including phenoxy) is 1. The molecule has 2 N–H and O–H groups in total. The van der Waals surface area contributed by atoms with Crippen LogP contribution in [0, 0.1) is 5.92 Å². The third-order valence-electron chi connectivity index (χ3n) is 4.81. The summed E-state index contributed by atoms with van der Waals surface area (Å²) in [4.78, 5) is 23.1.